The van der Waals surface area contributed by atoms with Crippen LogP contribution < -0.4 is 14.8 Å². The summed E-state index contributed by atoms with van der Waals surface area (Å²) in [5, 5.41) is 3.11. The Balaban J connectivity index is 2.12. The van der Waals surface area contributed by atoms with Crippen molar-refractivity contribution >= 4 is 21.8 Å². The minimum atomic E-state index is -0.0275. The Morgan fingerprint density at radius 1 is 1.12 bits per heavy atom. The molecule has 1 N–H and O–H groups in total. The van der Waals surface area contributed by atoms with Crippen LogP contribution in [0.2, 0.25) is 0 Å². The maximum atomic E-state index is 12.5. The zero-order valence-electron chi connectivity index (χ0n) is 15.1. The second-order valence-corrected chi connectivity index (χ2v) is 6.77. The molecule has 0 unspecified atom stereocenters. The summed E-state index contributed by atoms with van der Waals surface area (Å²) >= 11 is 3.50. The highest BCUT2D eigenvalue weighted by molar-refractivity contribution is 9.10. The number of halogens is 1. The number of hydrogen-bond donors (Lipinski definition) is 1. The highest BCUT2D eigenvalue weighted by Gasteiger charge is 2.16. The number of hydrogen-bond acceptors (Lipinski definition) is 3. The molecule has 0 aliphatic rings. The first-order valence-corrected chi connectivity index (χ1v) is 9.04. The van der Waals surface area contributed by atoms with E-state index in [1.165, 1.54) is 5.56 Å². The molecule has 1 atom stereocenters. The predicted molar refractivity (Wildman–Crippen MR) is 103 cm³/mol. The van der Waals surface area contributed by atoms with Crippen molar-refractivity contribution in [2.75, 3.05) is 14.2 Å². The molecule has 1 amide bonds. The zero-order chi connectivity index (χ0) is 18.4. The molecule has 0 heterocycles. The van der Waals surface area contributed by atoms with E-state index in [1.807, 2.05) is 12.1 Å². The predicted octanol–water partition coefficient (Wildman–Crippen LogP) is 4.58. The quantitative estimate of drug-likeness (QED) is 0.732. The van der Waals surface area contributed by atoms with Crippen LogP contribution in [0.1, 0.15) is 36.1 Å². The van der Waals surface area contributed by atoms with Crippen molar-refractivity contribution in [3.63, 3.8) is 0 Å². The number of carbonyl (C=O) groups excluding carboxylic acids is 1. The van der Waals surface area contributed by atoms with E-state index >= 15 is 0 Å². The molecule has 0 saturated heterocycles. The number of aryl methyl sites for hydroxylation is 1. The molecule has 25 heavy (non-hydrogen) atoms. The number of benzene rings is 2. The molecule has 2 aromatic rings. The summed E-state index contributed by atoms with van der Waals surface area (Å²) in [5.41, 5.74) is 3.18. The fourth-order valence-electron chi connectivity index (χ4n) is 2.67. The van der Waals surface area contributed by atoms with Crippen LogP contribution in [-0.4, -0.2) is 20.1 Å². The van der Waals surface area contributed by atoms with Crippen LogP contribution in [0.15, 0.2) is 40.9 Å². The molecule has 5 heteroatoms. The van der Waals surface area contributed by atoms with Crippen LogP contribution in [0.5, 0.6) is 11.5 Å². The van der Waals surface area contributed by atoms with E-state index in [4.69, 9.17) is 9.47 Å². The number of methoxy groups -OCH3 is 2. The van der Waals surface area contributed by atoms with E-state index in [2.05, 4.69) is 59.4 Å². The van der Waals surface area contributed by atoms with Gasteiger partial charge in [-0.1, -0.05) is 52.7 Å². The molecule has 2 rings (SSSR count). The third-order valence-corrected chi connectivity index (χ3v) is 4.86. The minimum absolute atomic E-state index is 0.00650. The monoisotopic (exact) mass is 405 g/mol. The molecule has 0 aliphatic carbocycles. The number of amides is 1. The Bertz CT molecular complexity index is 728. The van der Waals surface area contributed by atoms with E-state index in [1.54, 1.807) is 14.2 Å². The highest BCUT2D eigenvalue weighted by Crippen LogP contribution is 2.33. The van der Waals surface area contributed by atoms with E-state index in [9.17, 15) is 4.79 Å². The molecule has 0 aliphatic heterocycles. The van der Waals surface area contributed by atoms with Crippen molar-refractivity contribution in [1.82, 2.24) is 5.32 Å². The van der Waals surface area contributed by atoms with Gasteiger partial charge < -0.3 is 14.8 Å². The first-order valence-electron chi connectivity index (χ1n) is 8.24. The summed E-state index contributed by atoms with van der Waals surface area (Å²) < 4.78 is 11.4. The van der Waals surface area contributed by atoms with Gasteiger partial charge in [-0.3, -0.25) is 4.79 Å². The number of carbonyl (C=O) groups is 1. The Morgan fingerprint density at radius 2 is 1.72 bits per heavy atom. The SMILES string of the molecule is CC[C@@H](NC(=O)Cc1cc(OC)c(OC)cc1Br)c1ccc(C)cc1. The van der Waals surface area contributed by atoms with Gasteiger partial charge in [0.1, 0.15) is 0 Å². The average molecular weight is 406 g/mol. The summed E-state index contributed by atoms with van der Waals surface area (Å²) in [6.45, 7) is 4.12. The maximum Gasteiger partial charge on any atom is 0.224 e. The van der Waals surface area contributed by atoms with Crippen molar-refractivity contribution in [3.05, 3.63) is 57.6 Å². The molecule has 2 aromatic carbocycles. The molecular weight excluding hydrogens is 382 g/mol. The Kier molecular flexibility index (Phi) is 6.88. The highest BCUT2D eigenvalue weighted by atomic mass is 79.9. The normalized spacial score (nSPS) is 11.7. The molecule has 0 spiro atoms. The Labute approximate surface area is 157 Å². The van der Waals surface area contributed by atoms with Gasteiger partial charge in [-0.25, -0.2) is 0 Å². The van der Waals surface area contributed by atoms with Crippen LogP contribution in [0, 0.1) is 6.92 Å². The third-order valence-electron chi connectivity index (χ3n) is 4.13. The van der Waals surface area contributed by atoms with Crippen LogP contribution in [0.3, 0.4) is 0 Å². The standard InChI is InChI=1S/C20H24BrNO3/c1-5-17(14-8-6-13(2)7-9-14)22-20(23)11-15-10-18(24-3)19(25-4)12-16(15)21/h6-10,12,17H,5,11H2,1-4H3,(H,22,23)/t17-/m1/s1. The molecule has 0 bridgehead atoms. The van der Waals surface area contributed by atoms with Gasteiger partial charge in [-0.05, 0) is 36.6 Å². The van der Waals surface area contributed by atoms with Gasteiger partial charge in [0.25, 0.3) is 0 Å². The van der Waals surface area contributed by atoms with Crippen LogP contribution in [0.25, 0.3) is 0 Å². The van der Waals surface area contributed by atoms with Crippen molar-refractivity contribution in [2.45, 2.75) is 32.7 Å². The maximum absolute atomic E-state index is 12.5. The van der Waals surface area contributed by atoms with Gasteiger partial charge in [0.2, 0.25) is 5.91 Å². The van der Waals surface area contributed by atoms with Crippen molar-refractivity contribution < 1.29 is 14.3 Å². The molecule has 134 valence electrons. The van der Waals surface area contributed by atoms with Gasteiger partial charge in [0.15, 0.2) is 11.5 Å². The van der Waals surface area contributed by atoms with Gasteiger partial charge in [-0.2, -0.15) is 0 Å². The molecule has 0 aromatic heterocycles. The summed E-state index contributed by atoms with van der Waals surface area (Å²) in [4.78, 5) is 12.5. The lowest BCUT2D eigenvalue weighted by atomic mass is 10.0. The van der Waals surface area contributed by atoms with Crippen LogP contribution in [0.4, 0.5) is 0 Å². The zero-order valence-corrected chi connectivity index (χ0v) is 16.6. The van der Waals surface area contributed by atoms with E-state index in [-0.39, 0.29) is 18.4 Å². The Hall–Kier alpha value is -2.01. The van der Waals surface area contributed by atoms with E-state index in [0.29, 0.717) is 11.5 Å². The van der Waals surface area contributed by atoms with Gasteiger partial charge in [0, 0.05) is 4.47 Å². The molecule has 0 saturated carbocycles. The molecular formula is C20H24BrNO3. The van der Waals surface area contributed by atoms with Crippen molar-refractivity contribution in [1.29, 1.82) is 0 Å². The van der Waals surface area contributed by atoms with Crippen molar-refractivity contribution in [2.24, 2.45) is 0 Å². The first-order chi connectivity index (χ1) is 12.0. The lowest BCUT2D eigenvalue weighted by Crippen LogP contribution is -2.29. The second kappa shape index (κ2) is 8.90. The third kappa shape index (κ3) is 4.98. The average Bonchev–Trinajstić information content (AvgIpc) is 2.61. The number of ether oxygens (including phenoxy) is 2. The largest absolute Gasteiger partial charge is 0.493 e. The molecule has 0 radical (unpaired) electrons. The summed E-state index contributed by atoms with van der Waals surface area (Å²) in [6, 6.07) is 11.9. The Morgan fingerprint density at radius 3 is 2.28 bits per heavy atom. The lowest BCUT2D eigenvalue weighted by Gasteiger charge is -2.18. The molecule has 4 nitrogen and oxygen atoms in total. The van der Waals surface area contributed by atoms with Gasteiger partial charge in [-0.15, -0.1) is 0 Å². The lowest BCUT2D eigenvalue weighted by molar-refractivity contribution is -0.121. The van der Waals surface area contributed by atoms with E-state index < -0.39 is 0 Å². The minimum Gasteiger partial charge on any atom is -0.493 e. The topological polar surface area (TPSA) is 47.6 Å². The summed E-state index contributed by atoms with van der Waals surface area (Å²) in [5.74, 6) is 1.21. The summed E-state index contributed by atoms with van der Waals surface area (Å²) in [6.07, 6.45) is 1.10. The van der Waals surface area contributed by atoms with Crippen LogP contribution in [-0.2, 0) is 11.2 Å². The second-order valence-electron chi connectivity index (χ2n) is 5.91. The smallest absolute Gasteiger partial charge is 0.224 e. The van der Waals surface area contributed by atoms with Gasteiger partial charge in [0.05, 0.1) is 26.7 Å². The van der Waals surface area contributed by atoms with Gasteiger partial charge >= 0.3 is 0 Å². The van der Waals surface area contributed by atoms with E-state index in [0.717, 1.165) is 22.0 Å². The number of rotatable bonds is 7. The molecule has 0 fully saturated rings. The fourth-order valence-corrected chi connectivity index (χ4v) is 3.13. The van der Waals surface area contributed by atoms with Crippen LogP contribution >= 0.6 is 15.9 Å². The number of nitrogens with one attached hydrogen (secondary N) is 1. The van der Waals surface area contributed by atoms with Crippen molar-refractivity contribution in [3.8, 4) is 11.5 Å². The first kappa shape index (κ1) is 19.3. The fraction of sp³-hybridized carbons (Fsp3) is 0.350. The summed E-state index contributed by atoms with van der Waals surface area (Å²) in [7, 11) is 3.17.